The first-order valence-corrected chi connectivity index (χ1v) is 7.93. The zero-order valence-corrected chi connectivity index (χ0v) is 12.6. The zero-order chi connectivity index (χ0) is 15.5. The van der Waals surface area contributed by atoms with E-state index in [-0.39, 0.29) is 12.8 Å². The van der Waals surface area contributed by atoms with Crippen LogP contribution < -0.4 is 4.90 Å². The molecule has 1 aromatic rings. The molecule has 0 N–H and O–H groups in total. The van der Waals surface area contributed by atoms with E-state index in [1.807, 2.05) is 30.0 Å². The molecule has 114 valence electrons. The summed E-state index contributed by atoms with van der Waals surface area (Å²) >= 11 is 1.58. The van der Waals surface area contributed by atoms with Crippen molar-refractivity contribution in [2.45, 2.75) is 30.8 Å². The van der Waals surface area contributed by atoms with E-state index in [0.717, 1.165) is 16.3 Å². The fraction of sp³-hybridized carbons (Fsp3) is 0.533. The summed E-state index contributed by atoms with van der Waals surface area (Å²) in [5.41, 5.74) is 1.34. The minimum atomic E-state index is -4.11. The molecule has 0 radical (unpaired) electrons. The maximum absolute atomic E-state index is 12.7. The summed E-state index contributed by atoms with van der Waals surface area (Å²) in [6, 6.07) is 7.78. The molecular formula is C15H17F3N2S. The van der Waals surface area contributed by atoms with Crippen LogP contribution in [0.15, 0.2) is 23.1 Å². The standard InChI is InChI=1S/C15H17F3N2S/c1-2-21-14-5-3-4-13(12(14)10-19)20-8-6-11(7-9-20)15(16,17)18/h3-5,11H,2,6-9H2,1H3. The lowest BCUT2D eigenvalue weighted by atomic mass is 9.95. The summed E-state index contributed by atoms with van der Waals surface area (Å²) in [7, 11) is 0. The molecule has 0 aromatic heterocycles. The average Bonchev–Trinajstić information content (AvgIpc) is 2.46. The van der Waals surface area contributed by atoms with Crippen molar-refractivity contribution in [1.29, 1.82) is 5.26 Å². The number of piperidine rings is 1. The van der Waals surface area contributed by atoms with E-state index >= 15 is 0 Å². The minimum absolute atomic E-state index is 0.0967. The quantitative estimate of drug-likeness (QED) is 0.771. The van der Waals surface area contributed by atoms with Gasteiger partial charge in [0.15, 0.2) is 0 Å². The van der Waals surface area contributed by atoms with Gasteiger partial charge in [0.2, 0.25) is 0 Å². The lowest BCUT2D eigenvalue weighted by Gasteiger charge is -2.35. The number of nitriles is 1. The van der Waals surface area contributed by atoms with Crippen molar-refractivity contribution < 1.29 is 13.2 Å². The van der Waals surface area contributed by atoms with Crippen molar-refractivity contribution in [3.8, 4) is 6.07 Å². The van der Waals surface area contributed by atoms with Crippen molar-refractivity contribution in [3.05, 3.63) is 23.8 Å². The molecule has 0 spiro atoms. The number of anilines is 1. The van der Waals surface area contributed by atoms with Crippen LogP contribution in [0.1, 0.15) is 25.3 Å². The van der Waals surface area contributed by atoms with Crippen LogP contribution in [0.4, 0.5) is 18.9 Å². The van der Waals surface area contributed by atoms with Gasteiger partial charge in [0.25, 0.3) is 0 Å². The van der Waals surface area contributed by atoms with Crippen molar-refractivity contribution in [2.24, 2.45) is 5.92 Å². The number of thioether (sulfide) groups is 1. The van der Waals surface area contributed by atoms with Crippen molar-refractivity contribution in [1.82, 2.24) is 0 Å². The zero-order valence-electron chi connectivity index (χ0n) is 11.8. The fourth-order valence-electron chi connectivity index (χ4n) is 2.62. The molecule has 1 aliphatic rings. The number of hydrogen-bond donors (Lipinski definition) is 0. The normalized spacial score (nSPS) is 16.8. The van der Waals surface area contributed by atoms with Crippen LogP contribution in [0, 0.1) is 17.2 Å². The van der Waals surface area contributed by atoms with Gasteiger partial charge in [-0.3, -0.25) is 0 Å². The van der Waals surface area contributed by atoms with E-state index in [2.05, 4.69) is 6.07 Å². The number of rotatable bonds is 3. The van der Waals surface area contributed by atoms with Crippen molar-refractivity contribution in [2.75, 3.05) is 23.7 Å². The first kappa shape index (κ1) is 16.0. The predicted molar refractivity (Wildman–Crippen MR) is 78.5 cm³/mol. The van der Waals surface area contributed by atoms with E-state index in [9.17, 15) is 18.4 Å². The van der Waals surface area contributed by atoms with Crippen LogP contribution in [0.5, 0.6) is 0 Å². The molecule has 0 atom stereocenters. The largest absolute Gasteiger partial charge is 0.391 e. The molecule has 0 unspecified atom stereocenters. The van der Waals surface area contributed by atoms with E-state index < -0.39 is 12.1 Å². The van der Waals surface area contributed by atoms with Gasteiger partial charge in [0.05, 0.1) is 17.2 Å². The molecular weight excluding hydrogens is 297 g/mol. The van der Waals surface area contributed by atoms with E-state index in [1.54, 1.807) is 11.8 Å². The van der Waals surface area contributed by atoms with Crippen LogP contribution >= 0.6 is 11.8 Å². The molecule has 1 aliphatic heterocycles. The number of hydrogen-bond acceptors (Lipinski definition) is 3. The van der Waals surface area contributed by atoms with Gasteiger partial charge >= 0.3 is 6.18 Å². The number of nitrogens with zero attached hydrogens (tertiary/aromatic N) is 2. The smallest absolute Gasteiger partial charge is 0.370 e. The molecule has 2 rings (SSSR count). The molecule has 1 fully saturated rings. The summed E-state index contributed by atoms with van der Waals surface area (Å²) < 4.78 is 38.1. The topological polar surface area (TPSA) is 27.0 Å². The Morgan fingerprint density at radius 1 is 1.33 bits per heavy atom. The van der Waals surface area contributed by atoms with Crippen LogP contribution in [0.3, 0.4) is 0 Å². The molecule has 6 heteroatoms. The number of halogens is 3. The molecule has 2 nitrogen and oxygen atoms in total. The number of alkyl halides is 3. The third kappa shape index (κ3) is 3.65. The highest BCUT2D eigenvalue weighted by Gasteiger charge is 2.41. The second-order valence-corrected chi connectivity index (χ2v) is 6.30. The second kappa shape index (κ2) is 6.61. The molecule has 21 heavy (non-hydrogen) atoms. The highest BCUT2D eigenvalue weighted by atomic mass is 32.2. The third-order valence-electron chi connectivity index (χ3n) is 3.71. The fourth-order valence-corrected chi connectivity index (χ4v) is 3.40. The van der Waals surface area contributed by atoms with Gasteiger partial charge in [-0.25, -0.2) is 0 Å². The highest BCUT2D eigenvalue weighted by molar-refractivity contribution is 7.99. The lowest BCUT2D eigenvalue weighted by Crippen LogP contribution is -2.39. The minimum Gasteiger partial charge on any atom is -0.370 e. The Kier molecular flexibility index (Phi) is 5.04. The molecule has 0 aliphatic carbocycles. The lowest BCUT2D eigenvalue weighted by molar-refractivity contribution is -0.179. The Bertz CT molecular complexity index is 529. The van der Waals surface area contributed by atoms with Crippen LogP contribution in [-0.4, -0.2) is 25.0 Å². The first-order chi connectivity index (χ1) is 9.97. The summed E-state index contributed by atoms with van der Waals surface area (Å²) in [5.74, 6) is -0.360. The summed E-state index contributed by atoms with van der Waals surface area (Å²) in [6.45, 7) is 2.70. The van der Waals surface area contributed by atoms with Gasteiger partial charge < -0.3 is 4.90 Å². The molecule has 1 aromatic carbocycles. The second-order valence-electron chi connectivity index (χ2n) is 5.00. The average molecular weight is 314 g/mol. The van der Waals surface area contributed by atoms with E-state index in [0.29, 0.717) is 18.7 Å². The molecule has 0 bridgehead atoms. The van der Waals surface area contributed by atoms with Gasteiger partial charge in [-0.15, -0.1) is 11.8 Å². The molecule has 0 saturated carbocycles. The van der Waals surface area contributed by atoms with Gasteiger partial charge in [-0.1, -0.05) is 13.0 Å². The highest BCUT2D eigenvalue weighted by Crippen LogP contribution is 2.37. The Hall–Kier alpha value is -1.35. The summed E-state index contributed by atoms with van der Waals surface area (Å²) in [4.78, 5) is 2.80. The van der Waals surface area contributed by atoms with Crippen LogP contribution in [0.2, 0.25) is 0 Å². The Morgan fingerprint density at radius 2 is 2.00 bits per heavy atom. The number of benzene rings is 1. The third-order valence-corrected chi connectivity index (χ3v) is 4.65. The molecule has 1 heterocycles. The Labute approximate surface area is 126 Å². The Morgan fingerprint density at radius 3 is 2.52 bits per heavy atom. The van der Waals surface area contributed by atoms with Crippen molar-refractivity contribution in [3.63, 3.8) is 0 Å². The SMILES string of the molecule is CCSc1cccc(N2CCC(C(F)(F)F)CC2)c1C#N. The van der Waals surface area contributed by atoms with Crippen molar-refractivity contribution >= 4 is 17.4 Å². The van der Waals surface area contributed by atoms with E-state index in [1.165, 1.54) is 0 Å². The van der Waals surface area contributed by atoms with Crippen LogP contribution in [-0.2, 0) is 0 Å². The van der Waals surface area contributed by atoms with Gasteiger partial charge in [0.1, 0.15) is 6.07 Å². The summed E-state index contributed by atoms with van der Waals surface area (Å²) in [5, 5.41) is 9.37. The monoisotopic (exact) mass is 314 g/mol. The summed E-state index contributed by atoms with van der Waals surface area (Å²) in [6.07, 6.45) is -3.91. The Balaban J connectivity index is 2.17. The maximum Gasteiger partial charge on any atom is 0.391 e. The van der Waals surface area contributed by atoms with Gasteiger partial charge in [0, 0.05) is 18.0 Å². The first-order valence-electron chi connectivity index (χ1n) is 6.95. The van der Waals surface area contributed by atoms with E-state index in [4.69, 9.17) is 0 Å². The van der Waals surface area contributed by atoms with Crippen LogP contribution in [0.25, 0.3) is 0 Å². The van der Waals surface area contributed by atoms with Gasteiger partial charge in [-0.05, 0) is 30.7 Å². The van der Waals surface area contributed by atoms with Gasteiger partial charge in [-0.2, -0.15) is 18.4 Å². The predicted octanol–water partition coefficient (Wildman–Crippen LogP) is 4.45. The maximum atomic E-state index is 12.7. The molecule has 1 saturated heterocycles. The molecule has 0 amide bonds.